The minimum Gasteiger partial charge on any atom is -0.481 e. The molecule has 0 bridgehead atoms. The Morgan fingerprint density at radius 1 is 1.44 bits per heavy atom. The first-order chi connectivity index (χ1) is 7.49. The lowest BCUT2D eigenvalue weighted by Gasteiger charge is -2.10. The van der Waals surface area contributed by atoms with E-state index in [1.165, 1.54) is 0 Å². The molecule has 0 radical (unpaired) electrons. The van der Waals surface area contributed by atoms with Crippen molar-refractivity contribution in [3.8, 4) is 5.75 Å². The van der Waals surface area contributed by atoms with Gasteiger partial charge >= 0.3 is 5.97 Å². The number of carbonyl (C=O) groups excluding carboxylic acids is 1. The molecule has 0 aliphatic heterocycles. The first-order valence-corrected chi connectivity index (χ1v) is 5.87. The van der Waals surface area contributed by atoms with Crippen molar-refractivity contribution in [2.24, 2.45) is 0 Å². The first kappa shape index (κ1) is 13.0. The molecule has 16 heavy (non-hydrogen) atoms. The summed E-state index contributed by atoms with van der Waals surface area (Å²) in [5.41, 5.74) is 1.13. The van der Waals surface area contributed by atoms with Crippen molar-refractivity contribution in [3.63, 3.8) is 0 Å². The van der Waals surface area contributed by atoms with Crippen LogP contribution in [0.2, 0.25) is 0 Å². The Labute approximate surface area is 104 Å². The molecule has 4 heteroatoms. The number of hydrogen-bond acceptors (Lipinski definition) is 3. The third kappa shape index (κ3) is 4.23. The molecule has 0 atom stereocenters. The number of halogens is 1. The van der Waals surface area contributed by atoms with Gasteiger partial charge in [-0.25, -0.2) is 4.79 Å². The Bertz CT molecular complexity index is 375. The van der Waals surface area contributed by atoms with Crippen LogP contribution in [0.25, 0.3) is 0 Å². The van der Waals surface area contributed by atoms with Crippen molar-refractivity contribution in [2.75, 3.05) is 6.61 Å². The Balaban J connectivity index is 2.51. The van der Waals surface area contributed by atoms with E-state index in [0.29, 0.717) is 5.75 Å². The minimum atomic E-state index is -0.359. The molecule has 88 valence electrons. The minimum absolute atomic E-state index is 0.0696. The number of carbonyl (C=O) groups is 1. The van der Waals surface area contributed by atoms with Crippen molar-refractivity contribution in [2.45, 2.75) is 26.9 Å². The van der Waals surface area contributed by atoms with Crippen molar-refractivity contribution in [1.29, 1.82) is 0 Å². The van der Waals surface area contributed by atoms with Gasteiger partial charge in [-0.1, -0.05) is 6.07 Å². The van der Waals surface area contributed by atoms with E-state index in [4.69, 9.17) is 9.47 Å². The van der Waals surface area contributed by atoms with Crippen molar-refractivity contribution in [1.82, 2.24) is 0 Å². The molecule has 0 aliphatic carbocycles. The van der Waals surface area contributed by atoms with E-state index >= 15 is 0 Å². The van der Waals surface area contributed by atoms with Gasteiger partial charge in [0, 0.05) is 0 Å². The molecular weight excluding hydrogens is 272 g/mol. The average molecular weight is 287 g/mol. The molecule has 1 rings (SSSR count). The molecule has 0 aliphatic rings. The van der Waals surface area contributed by atoms with Gasteiger partial charge in [0.2, 0.25) is 0 Å². The summed E-state index contributed by atoms with van der Waals surface area (Å²) < 4.78 is 11.1. The fourth-order valence-corrected chi connectivity index (χ4v) is 1.76. The highest BCUT2D eigenvalue weighted by atomic mass is 79.9. The second kappa shape index (κ2) is 5.89. The fourth-order valence-electron chi connectivity index (χ4n) is 1.16. The zero-order valence-corrected chi connectivity index (χ0v) is 11.2. The van der Waals surface area contributed by atoms with E-state index in [1.807, 2.05) is 25.1 Å². The zero-order valence-electron chi connectivity index (χ0n) is 9.62. The van der Waals surface area contributed by atoms with Crippen molar-refractivity contribution < 1.29 is 14.3 Å². The highest BCUT2D eigenvalue weighted by molar-refractivity contribution is 9.10. The van der Waals surface area contributed by atoms with Gasteiger partial charge in [0.15, 0.2) is 6.61 Å². The molecule has 0 amide bonds. The molecule has 0 heterocycles. The van der Waals surface area contributed by atoms with Gasteiger partial charge in [-0.3, -0.25) is 0 Å². The molecular formula is C12H15BrO3. The lowest BCUT2D eigenvalue weighted by Crippen LogP contribution is -2.18. The predicted octanol–water partition coefficient (Wildman–Crippen LogP) is 3.09. The number of rotatable bonds is 4. The maximum atomic E-state index is 11.2. The molecule has 3 nitrogen and oxygen atoms in total. The van der Waals surface area contributed by atoms with E-state index in [2.05, 4.69) is 15.9 Å². The second-order valence-corrected chi connectivity index (χ2v) is 4.62. The number of aryl methyl sites for hydroxylation is 1. The smallest absolute Gasteiger partial charge is 0.344 e. The highest BCUT2D eigenvalue weighted by Crippen LogP contribution is 2.25. The van der Waals surface area contributed by atoms with Gasteiger partial charge in [-0.2, -0.15) is 0 Å². The number of esters is 1. The van der Waals surface area contributed by atoms with E-state index in [9.17, 15) is 4.79 Å². The van der Waals surface area contributed by atoms with Crippen molar-refractivity contribution in [3.05, 3.63) is 28.2 Å². The van der Waals surface area contributed by atoms with E-state index in [1.54, 1.807) is 13.8 Å². The number of ether oxygens (including phenoxy) is 2. The highest BCUT2D eigenvalue weighted by Gasteiger charge is 2.08. The maximum Gasteiger partial charge on any atom is 0.344 e. The lowest BCUT2D eigenvalue weighted by molar-refractivity contribution is -0.149. The molecule has 1 aromatic carbocycles. The molecule has 0 fully saturated rings. The zero-order chi connectivity index (χ0) is 12.1. The summed E-state index contributed by atoms with van der Waals surface area (Å²) in [6, 6.07) is 5.68. The summed E-state index contributed by atoms with van der Waals surface area (Å²) in [6.07, 6.45) is -0.113. The Hall–Kier alpha value is -1.03. The molecule has 0 saturated heterocycles. The fraction of sp³-hybridized carbons (Fsp3) is 0.417. The molecule has 0 unspecified atom stereocenters. The van der Waals surface area contributed by atoms with Crippen LogP contribution in [-0.4, -0.2) is 18.7 Å². The van der Waals surface area contributed by atoms with Crippen LogP contribution in [0.5, 0.6) is 5.75 Å². The quantitative estimate of drug-likeness (QED) is 0.798. The largest absolute Gasteiger partial charge is 0.481 e. The standard InChI is InChI=1S/C12H15BrO3/c1-8(2)16-12(14)7-15-11-5-4-9(3)6-10(11)13/h4-6,8H,7H2,1-3H3. The van der Waals surface area contributed by atoms with Gasteiger partial charge in [-0.15, -0.1) is 0 Å². The third-order valence-corrected chi connectivity index (χ3v) is 2.42. The average Bonchev–Trinajstić information content (AvgIpc) is 2.15. The van der Waals surface area contributed by atoms with E-state index in [0.717, 1.165) is 10.0 Å². The molecule has 0 spiro atoms. The van der Waals surface area contributed by atoms with Gasteiger partial charge < -0.3 is 9.47 Å². The van der Waals surface area contributed by atoms with Crippen LogP contribution >= 0.6 is 15.9 Å². The normalized spacial score (nSPS) is 10.3. The molecule has 0 N–H and O–H groups in total. The Morgan fingerprint density at radius 3 is 2.69 bits per heavy atom. The summed E-state index contributed by atoms with van der Waals surface area (Å²) in [5, 5.41) is 0. The molecule has 0 aromatic heterocycles. The second-order valence-electron chi connectivity index (χ2n) is 3.76. The van der Waals surface area contributed by atoms with Crippen LogP contribution in [0.15, 0.2) is 22.7 Å². The van der Waals surface area contributed by atoms with E-state index in [-0.39, 0.29) is 18.7 Å². The van der Waals surface area contributed by atoms with Gasteiger partial charge in [0.1, 0.15) is 5.75 Å². The Kier molecular flexibility index (Phi) is 4.80. The van der Waals surface area contributed by atoms with Crippen LogP contribution in [0.4, 0.5) is 0 Å². The van der Waals surface area contributed by atoms with Crippen LogP contribution < -0.4 is 4.74 Å². The topological polar surface area (TPSA) is 35.5 Å². The third-order valence-electron chi connectivity index (χ3n) is 1.80. The van der Waals surface area contributed by atoms with Crippen LogP contribution in [-0.2, 0) is 9.53 Å². The predicted molar refractivity (Wildman–Crippen MR) is 65.6 cm³/mol. The van der Waals surface area contributed by atoms with Gasteiger partial charge in [-0.05, 0) is 54.4 Å². The van der Waals surface area contributed by atoms with E-state index < -0.39 is 0 Å². The van der Waals surface area contributed by atoms with Gasteiger partial charge in [0.05, 0.1) is 10.6 Å². The monoisotopic (exact) mass is 286 g/mol. The summed E-state index contributed by atoms with van der Waals surface area (Å²) >= 11 is 3.37. The summed E-state index contributed by atoms with van der Waals surface area (Å²) in [5.74, 6) is 0.286. The summed E-state index contributed by atoms with van der Waals surface area (Å²) in [7, 11) is 0. The van der Waals surface area contributed by atoms with Crippen LogP contribution in [0.3, 0.4) is 0 Å². The Morgan fingerprint density at radius 2 is 2.12 bits per heavy atom. The first-order valence-electron chi connectivity index (χ1n) is 5.07. The van der Waals surface area contributed by atoms with Crippen LogP contribution in [0, 0.1) is 6.92 Å². The van der Waals surface area contributed by atoms with Crippen molar-refractivity contribution >= 4 is 21.9 Å². The number of benzene rings is 1. The number of hydrogen-bond donors (Lipinski definition) is 0. The summed E-state index contributed by atoms with van der Waals surface area (Å²) in [6.45, 7) is 5.53. The SMILES string of the molecule is Cc1ccc(OCC(=O)OC(C)C)c(Br)c1. The van der Waals surface area contributed by atoms with Gasteiger partial charge in [0.25, 0.3) is 0 Å². The van der Waals surface area contributed by atoms with Crippen LogP contribution in [0.1, 0.15) is 19.4 Å². The maximum absolute atomic E-state index is 11.2. The summed E-state index contributed by atoms with van der Waals surface area (Å²) in [4.78, 5) is 11.2. The molecule has 0 saturated carbocycles. The lowest BCUT2D eigenvalue weighted by atomic mass is 10.2. The molecule has 1 aromatic rings.